The first-order valence-corrected chi connectivity index (χ1v) is 3.82. The van der Waals surface area contributed by atoms with Gasteiger partial charge < -0.3 is 5.73 Å². The van der Waals surface area contributed by atoms with Crippen LogP contribution in [0.4, 0.5) is 0 Å². The predicted molar refractivity (Wildman–Crippen MR) is 48.1 cm³/mol. The van der Waals surface area contributed by atoms with Gasteiger partial charge in [0, 0.05) is 6.42 Å². The molecule has 0 radical (unpaired) electrons. The molecule has 0 aliphatic heterocycles. The molecule has 13 heavy (non-hydrogen) atoms. The minimum atomic E-state index is -1.98. The van der Waals surface area contributed by atoms with E-state index in [4.69, 9.17) is 5.73 Å². The Morgan fingerprint density at radius 3 is 1.92 bits per heavy atom. The highest BCUT2D eigenvalue weighted by molar-refractivity contribution is 6.28. The highest BCUT2D eigenvalue weighted by Gasteiger charge is 2.42. The van der Waals surface area contributed by atoms with E-state index in [1.165, 1.54) is 6.08 Å². The van der Waals surface area contributed by atoms with Crippen LogP contribution in [0.25, 0.3) is 0 Å². The Kier molecular flexibility index (Phi) is 3.69. The molecular formula is C9H13NO3. The lowest BCUT2D eigenvalue weighted by molar-refractivity contribution is -0.140. The van der Waals surface area contributed by atoms with E-state index in [1.54, 1.807) is 0 Å². The Balaban J connectivity index is 5.01. The van der Waals surface area contributed by atoms with Crippen molar-refractivity contribution in [3.05, 3.63) is 12.7 Å². The summed E-state index contributed by atoms with van der Waals surface area (Å²) in [6.45, 7) is 5.59. The Bertz CT molecular complexity index is 254. The van der Waals surface area contributed by atoms with Gasteiger partial charge in [0.25, 0.3) is 0 Å². The molecule has 0 saturated carbocycles. The molecule has 0 aromatic carbocycles. The van der Waals surface area contributed by atoms with Crippen LogP contribution >= 0.6 is 0 Å². The van der Waals surface area contributed by atoms with Gasteiger partial charge in [0.05, 0.1) is 0 Å². The molecule has 0 aliphatic rings. The van der Waals surface area contributed by atoms with Crippen LogP contribution in [0.1, 0.15) is 20.3 Å². The predicted octanol–water partition coefficient (Wildman–Crippen LogP) is 0.00710. The molecule has 4 heteroatoms. The molecule has 0 atom stereocenters. The summed E-state index contributed by atoms with van der Waals surface area (Å²) in [6, 6.07) is 0. The average molecular weight is 183 g/mol. The maximum atomic E-state index is 11.3. The zero-order valence-electron chi connectivity index (χ0n) is 7.79. The number of Topliss-reactive ketones (excluding diaryl/α,β-unsaturated/α-hetero) is 3. The summed E-state index contributed by atoms with van der Waals surface area (Å²) in [6.07, 6.45) is 1.24. The number of hydrogen-bond donors (Lipinski definition) is 1. The number of ketones is 3. The van der Waals surface area contributed by atoms with Crippen LogP contribution < -0.4 is 5.73 Å². The molecule has 0 unspecified atom stereocenters. The lowest BCUT2D eigenvalue weighted by Crippen LogP contribution is -2.59. The van der Waals surface area contributed by atoms with Crippen molar-refractivity contribution in [2.45, 2.75) is 25.8 Å². The van der Waals surface area contributed by atoms with Gasteiger partial charge in [0.2, 0.25) is 0 Å². The normalized spacial score (nSPS) is 10.7. The van der Waals surface area contributed by atoms with Gasteiger partial charge in [0.1, 0.15) is 0 Å². The van der Waals surface area contributed by atoms with Gasteiger partial charge in [0.15, 0.2) is 22.9 Å². The third kappa shape index (κ3) is 2.09. The molecule has 4 nitrogen and oxygen atoms in total. The van der Waals surface area contributed by atoms with Crippen molar-refractivity contribution >= 4 is 17.3 Å². The molecule has 0 spiro atoms. The van der Waals surface area contributed by atoms with Crippen LogP contribution in [0.15, 0.2) is 12.7 Å². The smallest absolute Gasteiger partial charge is 0.192 e. The fraction of sp³-hybridized carbons (Fsp3) is 0.444. The molecule has 0 bridgehead atoms. The van der Waals surface area contributed by atoms with Crippen molar-refractivity contribution in [1.29, 1.82) is 0 Å². The minimum absolute atomic E-state index is 0.0737. The van der Waals surface area contributed by atoms with E-state index in [-0.39, 0.29) is 6.42 Å². The summed E-state index contributed by atoms with van der Waals surface area (Å²) >= 11 is 0. The van der Waals surface area contributed by atoms with Crippen molar-refractivity contribution in [2.24, 2.45) is 5.73 Å². The van der Waals surface area contributed by atoms with E-state index in [0.717, 1.165) is 13.8 Å². The fourth-order valence-corrected chi connectivity index (χ4v) is 0.933. The summed E-state index contributed by atoms with van der Waals surface area (Å²) in [4.78, 5) is 33.4. The first-order chi connectivity index (χ1) is 5.87. The van der Waals surface area contributed by atoms with Crippen LogP contribution in [0.5, 0.6) is 0 Å². The second kappa shape index (κ2) is 4.09. The molecule has 72 valence electrons. The maximum absolute atomic E-state index is 11.3. The number of carbonyl (C=O) groups is 3. The van der Waals surface area contributed by atoms with E-state index >= 15 is 0 Å². The first-order valence-electron chi connectivity index (χ1n) is 3.82. The average Bonchev–Trinajstić information content (AvgIpc) is 2.02. The van der Waals surface area contributed by atoms with Gasteiger partial charge >= 0.3 is 0 Å². The number of hydrogen-bond acceptors (Lipinski definition) is 4. The number of carbonyl (C=O) groups excluding carboxylic acids is 3. The second-order valence-corrected chi connectivity index (χ2v) is 2.84. The van der Waals surface area contributed by atoms with Crippen molar-refractivity contribution in [3.8, 4) is 0 Å². The van der Waals surface area contributed by atoms with Crippen LogP contribution in [0.2, 0.25) is 0 Å². The second-order valence-electron chi connectivity index (χ2n) is 2.84. The van der Waals surface area contributed by atoms with Crippen molar-refractivity contribution < 1.29 is 14.4 Å². The lowest BCUT2D eigenvalue weighted by atomic mass is 9.85. The number of rotatable bonds is 5. The van der Waals surface area contributed by atoms with Crippen LogP contribution in [-0.4, -0.2) is 22.9 Å². The van der Waals surface area contributed by atoms with Gasteiger partial charge in [-0.3, -0.25) is 14.4 Å². The third-order valence-electron chi connectivity index (χ3n) is 1.88. The highest BCUT2D eigenvalue weighted by Crippen LogP contribution is 2.09. The van der Waals surface area contributed by atoms with Crippen LogP contribution in [0, 0.1) is 0 Å². The molecule has 0 saturated heterocycles. The molecule has 0 amide bonds. The number of allylic oxidation sites excluding steroid dienone is 1. The highest BCUT2D eigenvalue weighted by atomic mass is 16.2. The maximum Gasteiger partial charge on any atom is 0.192 e. The van der Waals surface area contributed by atoms with Crippen LogP contribution in [0.3, 0.4) is 0 Å². The molecule has 0 aromatic rings. The van der Waals surface area contributed by atoms with Crippen molar-refractivity contribution in [2.75, 3.05) is 0 Å². The Labute approximate surface area is 76.8 Å². The van der Waals surface area contributed by atoms with Gasteiger partial charge in [-0.25, -0.2) is 0 Å². The largest absolute Gasteiger partial charge is 0.307 e. The van der Waals surface area contributed by atoms with Gasteiger partial charge in [-0.1, -0.05) is 6.08 Å². The van der Waals surface area contributed by atoms with Crippen LogP contribution in [-0.2, 0) is 14.4 Å². The first kappa shape index (κ1) is 11.7. The molecule has 2 N–H and O–H groups in total. The van der Waals surface area contributed by atoms with E-state index in [0.29, 0.717) is 0 Å². The summed E-state index contributed by atoms with van der Waals surface area (Å²) in [5.41, 5.74) is 3.44. The summed E-state index contributed by atoms with van der Waals surface area (Å²) in [5.74, 6) is -1.87. The monoisotopic (exact) mass is 183 g/mol. The van der Waals surface area contributed by atoms with E-state index in [9.17, 15) is 14.4 Å². The lowest BCUT2D eigenvalue weighted by Gasteiger charge is -2.20. The quantitative estimate of drug-likeness (QED) is 0.481. The Hall–Kier alpha value is -1.29. The summed E-state index contributed by atoms with van der Waals surface area (Å²) in [7, 11) is 0. The summed E-state index contributed by atoms with van der Waals surface area (Å²) < 4.78 is 0. The van der Waals surface area contributed by atoms with Gasteiger partial charge in [-0.15, -0.1) is 6.58 Å². The summed E-state index contributed by atoms with van der Waals surface area (Å²) in [5, 5.41) is 0. The van der Waals surface area contributed by atoms with Crippen molar-refractivity contribution in [1.82, 2.24) is 0 Å². The molecule has 0 fully saturated rings. The van der Waals surface area contributed by atoms with Crippen molar-refractivity contribution in [3.63, 3.8) is 0 Å². The van der Waals surface area contributed by atoms with E-state index < -0.39 is 22.9 Å². The third-order valence-corrected chi connectivity index (χ3v) is 1.88. The molecular weight excluding hydrogens is 170 g/mol. The number of nitrogens with two attached hydrogens (primary N) is 1. The van der Waals surface area contributed by atoms with E-state index in [1.807, 2.05) is 0 Å². The van der Waals surface area contributed by atoms with Gasteiger partial charge in [-0.2, -0.15) is 0 Å². The van der Waals surface area contributed by atoms with Gasteiger partial charge in [-0.05, 0) is 13.8 Å². The minimum Gasteiger partial charge on any atom is -0.307 e. The fourth-order valence-electron chi connectivity index (χ4n) is 0.933. The molecule has 0 rings (SSSR count). The standard InChI is InChI=1S/C9H13NO3/c1-4-5-8(13)9(10,6(2)11)7(3)12/h4H,1,5,10H2,2-3H3. The Morgan fingerprint density at radius 1 is 1.31 bits per heavy atom. The molecule has 0 aliphatic carbocycles. The zero-order chi connectivity index (χ0) is 10.6. The zero-order valence-corrected chi connectivity index (χ0v) is 7.79. The topological polar surface area (TPSA) is 77.2 Å². The Morgan fingerprint density at radius 2 is 1.69 bits per heavy atom. The molecule has 0 heterocycles. The van der Waals surface area contributed by atoms with E-state index in [2.05, 4.69) is 6.58 Å². The SMILES string of the molecule is C=CCC(=O)C(N)(C(C)=O)C(C)=O. The molecule has 0 aromatic heterocycles.